The molecule has 1 fully saturated rings. The Bertz CT molecular complexity index is 1220. The van der Waals surface area contributed by atoms with E-state index >= 15 is 0 Å². The van der Waals surface area contributed by atoms with Gasteiger partial charge < -0.3 is 10.2 Å². The number of pyridine rings is 2. The molecule has 0 atom stereocenters. The quantitative estimate of drug-likeness (QED) is 0.445. The smallest absolute Gasteiger partial charge is 0.132 e. The number of rotatable bonds is 6. The molecule has 0 amide bonds. The van der Waals surface area contributed by atoms with Gasteiger partial charge in [-0.15, -0.1) is 0 Å². The van der Waals surface area contributed by atoms with Crippen LogP contribution in [0.2, 0.25) is 5.02 Å². The summed E-state index contributed by atoms with van der Waals surface area (Å²) in [5.41, 5.74) is 4.70. The molecule has 6 nitrogen and oxygen atoms in total. The molecule has 1 saturated heterocycles. The first kappa shape index (κ1) is 19.9. The first-order chi connectivity index (χ1) is 15.2. The maximum atomic E-state index is 14.4. The van der Waals surface area contributed by atoms with Gasteiger partial charge >= 0.3 is 0 Å². The van der Waals surface area contributed by atoms with Crippen molar-refractivity contribution in [3.8, 4) is 22.5 Å². The zero-order chi connectivity index (χ0) is 21.2. The number of fused-ring (bicyclic) bond motifs is 1. The number of hydrogen-bond acceptors (Lipinski definition) is 5. The van der Waals surface area contributed by atoms with Gasteiger partial charge in [-0.1, -0.05) is 11.6 Å². The number of anilines is 1. The molecule has 0 saturated carbocycles. The number of halogens is 2. The van der Waals surface area contributed by atoms with Crippen LogP contribution in [-0.4, -0.2) is 51.2 Å². The molecular weight excluding hydrogens is 415 g/mol. The molecule has 158 valence electrons. The molecule has 5 rings (SSSR count). The Hall–Kier alpha value is -3.03. The van der Waals surface area contributed by atoms with Crippen LogP contribution in [0.1, 0.15) is 12.8 Å². The van der Waals surface area contributed by atoms with Gasteiger partial charge in [0.25, 0.3) is 0 Å². The van der Waals surface area contributed by atoms with E-state index in [9.17, 15) is 4.39 Å². The molecule has 4 aromatic rings. The topological polar surface area (TPSA) is 69.7 Å². The van der Waals surface area contributed by atoms with Crippen molar-refractivity contribution in [3.05, 3.63) is 59.6 Å². The van der Waals surface area contributed by atoms with Crippen molar-refractivity contribution < 1.29 is 4.39 Å². The van der Waals surface area contributed by atoms with Crippen LogP contribution >= 0.6 is 11.6 Å². The van der Waals surface area contributed by atoms with E-state index in [0.29, 0.717) is 27.5 Å². The Morgan fingerprint density at radius 1 is 1.06 bits per heavy atom. The summed E-state index contributed by atoms with van der Waals surface area (Å²) in [4.78, 5) is 11.8. The maximum absolute atomic E-state index is 14.4. The minimum atomic E-state index is -0.385. The zero-order valence-corrected chi connectivity index (χ0v) is 17.7. The number of H-pyrrole nitrogens is 1. The van der Waals surface area contributed by atoms with E-state index in [1.165, 1.54) is 38.1 Å². The summed E-state index contributed by atoms with van der Waals surface area (Å²) in [7, 11) is 0. The normalized spacial score (nSPS) is 14.4. The van der Waals surface area contributed by atoms with E-state index < -0.39 is 0 Å². The molecule has 0 radical (unpaired) electrons. The van der Waals surface area contributed by atoms with E-state index in [-0.39, 0.29) is 5.82 Å². The average molecular weight is 437 g/mol. The van der Waals surface area contributed by atoms with Crippen molar-refractivity contribution in [1.29, 1.82) is 0 Å². The molecule has 1 aliphatic heterocycles. The van der Waals surface area contributed by atoms with E-state index in [2.05, 4.69) is 25.4 Å². The van der Waals surface area contributed by atoms with Gasteiger partial charge in [-0.25, -0.2) is 9.37 Å². The van der Waals surface area contributed by atoms with Crippen molar-refractivity contribution >= 4 is 28.3 Å². The number of hydrogen-bond donors (Lipinski definition) is 2. The Kier molecular flexibility index (Phi) is 5.53. The lowest BCUT2D eigenvalue weighted by molar-refractivity contribution is 0.352. The fraction of sp³-hybridized carbons (Fsp3) is 0.261. The molecule has 0 spiro atoms. The Morgan fingerprint density at radius 2 is 1.94 bits per heavy atom. The Morgan fingerprint density at radius 3 is 2.81 bits per heavy atom. The molecule has 1 aliphatic rings. The third kappa shape index (κ3) is 4.24. The largest absolute Gasteiger partial charge is 0.382 e. The SMILES string of the molecule is Fc1ccc(Cl)cc1-c1n[nH]cc1-c1ccc2ncc(NCCN3CCCC3)cc2n1. The molecule has 0 bridgehead atoms. The second-order valence-corrected chi connectivity index (χ2v) is 8.14. The summed E-state index contributed by atoms with van der Waals surface area (Å²) in [6.45, 7) is 4.26. The van der Waals surface area contributed by atoms with Gasteiger partial charge in [-0.2, -0.15) is 5.10 Å². The van der Waals surface area contributed by atoms with E-state index in [0.717, 1.165) is 29.8 Å². The van der Waals surface area contributed by atoms with Crippen LogP contribution in [0.5, 0.6) is 0 Å². The number of benzene rings is 1. The summed E-state index contributed by atoms with van der Waals surface area (Å²) in [5.74, 6) is -0.385. The van der Waals surface area contributed by atoms with Crippen LogP contribution in [0.3, 0.4) is 0 Å². The minimum Gasteiger partial charge on any atom is -0.382 e. The minimum absolute atomic E-state index is 0.334. The fourth-order valence-electron chi connectivity index (χ4n) is 3.99. The number of aromatic amines is 1. The first-order valence-electron chi connectivity index (χ1n) is 10.4. The monoisotopic (exact) mass is 436 g/mol. The predicted molar refractivity (Wildman–Crippen MR) is 122 cm³/mol. The lowest BCUT2D eigenvalue weighted by Crippen LogP contribution is -2.25. The third-order valence-corrected chi connectivity index (χ3v) is 5.83. The number of aromatic nitrogens is 4. The van der Waals surface area contributed by atoms with Gasteiger partial charge in [0.1, 0.15) is 11.5 Å². The molecule has 8 heteroatoms. The molecule has 4 heterocycles. The first-order valence-corrected chi connectivity index (χ1v) is 10.8. The summed E-state index contributed by atoms with van der Waals surface area (Å²) in [6, 6.07) is 10.2. The van der Waals surface area contributed by atoms with Gasteiger partial charge in [0.2, 0.25) is 0 Å². The van der Waals surface area contributed by atoms with E-state index in [4.69, 9.17) is 16.6 Å². The molecule has 0 aliphatic carbocycles. The highest BCUT2D eigenvalue weighted by Gasteiger charge is 2.16. The van der Waals surface area contributed by atoms with Crippen LogP contribution in [0.4, 0.5) is 10.1 Å². The highest BCUT2D eigenvalue weighted by atomic mass is 35.5. The predicted octanol–water partition coefficient (Wildman–Crippen LogP) is 4.99. The summed E-state index contributed by atoms with van der Waals surface area (Å²) in [5, 5.41) is 11.0. The van der Waals surface area contributed by atoms with Crippen molar-refractivity contribution in [1.82, 2.24) is 25.1 Å². The van der Waals surface area contributed by atoms with Crippen LogP contribution in [0.15, 0.2) is 48.8 Å². The standard InChI is InChI=1S/C23H22ClFN6/c24-15-3-4-19(25)17(11-15)23-18(14-28-30-23)20-5-6-21-22(29-20)12-16(13-27-21)26-7-10-31-8-1-2-9-31/h3-6,11-14,26H,1-2,7-10H2,(H,28,30). The summed E-state index contributed by atoms with van der Waals surface area (Å²) >= 11 is 6.07. The van der Waals surface area contributed by atoms with Crippen LogP contribution < -0.4 is 5.32 Å². The lowest BCUT2D eigenvalue weighted by Gasteiger charge is -2.15. The maximum Gasteiger partial charge on any atom is 0.132 e. The molecule has 31 heavy (non-hydrogen) atoms. The number of nitrogens with one attached hydrogen (secondary N) is 2. The van der Waals surface area contributed by atoms with Crippen molar-refractivity contribution in [3.63, 3.8) is 0 Å². The van der Waals surface area contributed by atoms with Gasteiger partial charge in [-0.05, 0) is 62.3 Å². The van der Waals surface area contributed by atoms with Gasteiger partial charge in [-0.3, -0.25) is 10.1 Å². The summed E-state index contributed by atoms with van der Waals surface area (Å²) < 4.78 is 14.4. The highest BCUT2D eigenvalue weighted by molar-refractivity contribution is 6.30. The van der Waals surface area contributed by atoms with Crippen molar-refractivity contribution in [2.45, 2.75) is 12.8 Å². The number of likely N-dealkylation sites (tertiary alicyclic amines) is 1. The second-order valence-electron chi connectivity index (χ2n) is 7.71. The van der Waals surface area contributed by atoms with Gasteiger partial charge in [0.05, 0.1) is 28.6 Å². The second kappa shape index (κ2) is 8.61. The van der Waals surface area contributed by atoms with Crippen LogP contribution in [-0.2, 0) is 0 Å². The molecule has 2 N–H and O–H groups in total. The van der Waals surface area contributed by atoms with Crippen molar-refractivity contribution in [2.24, 2.45) is 0 Å². The fourth-order valence-corrected chi connectivity index (χ4v) is 4.16. The highest BCUT2D eigenvalue weighted by Crippen LogP contribution is 2.33. The Balaban J connectivity index is 1.42. The van der Waals surface area contributed by atoms with Crippen molar-refractivity contribution in [2.75, 3.05) is 31.5 Å². The van der Waals surface area contributed by atoms with Crippen LogP contribution in [0.25, 0.3) is 33.5 Å². The van der Waals surface area contributed by atoms with Crippen LogP contribution in [0, 0.1) is 5.82 Å². The molecule has 1 aromatic carbocycles. The molecular formula is C23H22ClFN6. The molecule has 3 aromatic heterocycles. The average Bonchev–Trinajstić information content (AvgIpc) is 3.47. The van der Waals surface area contributed by atoms with Gasteiger partial charge in [0.15, 0.2) is 0 Å². The lowest BCUT2D eigenvalue weighted by atomic mass is 10.0. The number of nitrogens with zero attached hydrogens (tertiary/aromatic N) is 4. The zero-order valence-electron chi connectivity index (χ0n) is 16.9. The van der Waals surface area contributed by atoms with E-state index in [1.54, 1.807) is 12.3 Å². The molecule has 0 unspecified atom stereocenters. The summed E-state index contributed by atoms with van der Waals surface area (Å²) in [6.07, 6.45) is 6.13. The van der Waals surface area contributed by atoms with E-state index in [1.807, 2.05) is 24.4 Å². The third-order valence-electron chi connectivity index (χ3n) is 5.59. The Labute approximate surface area is 184 Å². The van der Waals surface area contributed by atoms with Gasteiger partial charge in [0, 0.05) is 35.4 Å².